The second-order valence-corrected chi connectivity index (χ2v) is 3.99. The second kappa shape index (κ2) is 4.56. The van der Waals surface area contributed by atoms with Crippen molar-refractivity contribution in [3.63, 3.8) is 0 Å². The van der Waals surface area contributed by atoms with E-state index in [1.807, 2.05) is 12.4 Å². The summed E-state index contributed by atoms with van der Waals surface area (Å²) in [6.45, 7) is 5.95. The van der Waals surface area contributed by atoms with Gasteiger partial charge in [-0.2, -0.15) is 0 Å². The Morgan fingerprint density at radius 2 is 1.93 bits per heavy atom. The van der Waals surface area contributed by atoms with Gasteiger partial charge in [0.05, 0.1) is 0 Å². The Kier molecular flexibility index (Phi) is 3.14. The van der Waals surface area contributed by atoms with Crippen LogP contribution in [-0.2, 0) is 0 Å². The van der Waals surface area contributed by atoms with Crippen molar-refractivity contribution in [3.05, 3.63) is 30.1 Å². The normalized spacial score (nSPS) is 19.8. The first kappa shape index (κ1) is 9.66. The minimum atomic E-state index is 0.765. The van der Waals surface area contributed by atoms with Gasteiger partial charge >= 0.3 is 0 Å². The zero-order valence-electron chi connectivity index (χ0n) is 8.82. The minimum absolute atomic E-state index is 0.765. The molecular formula is C12H18N2. The molecule has 0 N–H and O–H groups in total. The van der Waals surface area contributed by atoms with Crippen LogP contribution in [0, 0.1) is 0 Å². The summed E-state index contributed by atoms with van der Waals surface area (Å²) in [5.74, 6) is 0.765. The number of pyridine rings is 1. The second-order valence-electron chi connectivity index (χ2n) is 3.99. The van der Waals surface area contributed by atoms with Gasteiger partial charge in [0.1, 0.15) is 0 Å². The molecule has 2 rings (SSSR count). The summed E-state index contributed by atoms with van der Waals surface area (Å²) in [6, 6.07) is 4.32. The van der Waals surface area contributed by atoms with Crippen LogP contribution in [-0.4, -0.2) is 29.5 Å². The molecule has 0 amide bonds. The van der Waals surface area contributed by atoms with Gasteiger partial charge in [0.15, 0.2) is 0 Å². The van der Waals surface area contributed by atoms with Crippen LogP contribution >= 0.6 is 0 Å². The van der Waals surface area contributed by atoms with Crippen LogP contribution in [0.5, 0.6) is 0 Å². The molecular weight excluding hydrogens is 172 g/mol. The summed E-state index contributed by atoms with van der Waals surface area (Å²) in [7, 11) is 0. The lowest BCUT2D eigenvalue weighted by molar-refractivity contribution is 0.222. The molecule has 76 valence electrons. The predicted octanol–water partition coefficient (Wildman–Crippen LogP) is 2.28. The van der Waals surface area contributed by atoms with E-state index in [0.29, 0.717) is 0 Å². The van der Waals surface area contributed by atoms with E-state index in [9.17, 15) is 0 Å². The Balaban J connectivity index is 1.96. The summed E-state index contributed by atoms with van der Waals surface area (Å²) in [5, 5.41) is 0. The highest BCUT2D eigenvalue weighted by Gasteiger charge is 2.18. The molecule has 1 aliphatic heterocycles. The summed E-state index contributed by atoms with van der Waals surface area (Å²) in [5.41, 5.74) is 1.47. The summed E-state index contributed by atoms with van der Waals surface area (Å²) >= 11 is 0. The van der Waals surface area contributed by atoms with Crippen molar-refractivity contribution in [3.8, 4) is 0 Å². The Labute approximate surface area is 86.0 Å². The molecule has 0 spiro atoms. The molecule has 0 atom stereocenters. The van der Waals surface area contributed by atoms with Crippen LogP contribution in [0.2, 0.25) is 0 Å². The van der Waals surface area contributed by atoms with Gasteiger partial charge in [0, 0.05) is 12.4 Å². The Morgan fingerprint density at radius 1 is 1.29 bits per heavy atom. The molecule has 1 aromatic rings. The molecule has 0 aromatic carbocycles. The number of piperidine rings is 1. The molecule has 1 fully saturated rings. The van der Waals surface area contributed by atoms with E-state index in [0.717, 1.165) is 5.92 Å². The largest absolute Gasteiger partial charge is 0.304 e. The number of hydrogen-bond acceptors (Lipinski definition) is 2. The van der Waals surface area contributed by atoms with Crippen molar-refractivity contribution in [2.75, 3.05) is 19.6 Å². The lowest BCUT2D eigenvalue weighted by Gasteiger charge is -2.31. The molecule has 2 nitrogen and oxygen atoms in total. The van der Waals surface area contributed by atoms with Crippen LogP contribution in [0.15, 0.2) is 24.5 Å². The lowest BCUT2D eigenvalue weighted by atomic mass is 9.90. The van der Waals surface area contributed by atoms with Crippen molar-refractivity contribution in [1.82, 2.24) is 9.88 Å². The average molecular weight is 190 g/mol. The van der Waals surface area contributed by atoms with E-state index in [2.05, 4.69) is 28.9 Å². The van der Waals surface area contributed by atoms with Gasteiger partial charge in [0.25, 0.3) is 0 Å². The van der Waals surface area contributed by atoms with Gasteiger partial charge in [-0.3, -0.25) is 4.98 Å². The summed E-state index contributed by atoms with van der Waals surface area (Å²) in [6.07, 6.45) is 6.42. The van der Waals surface area contributed by atoms with E-state index in [-0.39, 0.29) is 0 Å². The van der Waals surface area contributed by atoms with Gasteiger partial charge in [-0.15, -0.1) is 0 Å². The first-order valence-corrected chi connectivity index (χ1v) is 5.52. The Hall–Kier alpha value is -0.890. The highest BCUT2D eigenvalue weighted by atomic mass is 15.1. The molecule has 0 radical (unpaired) electrons. The molecule has 0 bridgehead atoms. The zero-order valence-corrected chi connectivity index (χ0v) is 8.82. The van der Waals surface area contributed by atoms with Crippen LogP contribution in [0.3, 0.4) is 0 Å². The first-order valence-electron chi connectivity index (χ1n) is 5.52. The maximum Gasteiger partial charge on any atom is 0.0270 e. The maximum atomic E-state index is 4.06. The van der Waals surface area contributed by atoms with Crippen LogP contribution < -0.4 is 0 Å². The molecule has 2 heterocycles. The third kappa shape index (κ3) is 2.13. The number of likely N-dealkylation sites (tertiary alicyclic amines) is 1. The van der Waals surface area contributed by atoms with Gasteiger partial charge in [-0.05, 0) is 56.1 Å². The standard InChI is InChI=1S/C12H18N2/c1-2-14-9-5-12(6-10-14)11-3-7-13-8-4-11/h3-4,7-8,12H,2,5-6,9-10H2,1H3. The number of aromatic nitrogens is 1. The number of rotatable bonds is 2. The molecule has 1 saturated heterocycles. The fourth-order valence-corrected chi connectivity index (χ4v) is 2.22. The Morgan fingerprint density at radius 3 is 2.50 bits per heavy atom. The molecule has 2 heteroatoms. The average Bonchev–Trinajstić information content (AvgIpc) is 2.30. The van der Waals surface area contributed by atoms with E-state index in [1.54, 1.807) is 0 Å². The quantitative estimate of drug-likeness (QED) is 0.711. The van der Waals surface area contributed by atoms with Gasteiger partial charge < -0.3 is 4.90 Å². The smallest absolute Gasteiger partial charge is 0.0270 e. The fourth-order valence-electron chi connectivity index (χ4n) is 2.22. The van der Waals surface area contributed by atoms with E-state index >= 15 is 0 Å². The van der Waals surface area contributed by atoms with Gasteiger partial charge in [-0.1, -0.05) is 6.92 Å². The highest BCUT2D eigenvalue weighted by Crippen LogP contribution is 2.26. The van der Waals surface area contributed by atoms with Crippen molar-refractivity contribution in [2.45, 2.75) is 25.7 Å². The third-order valence-electron chi connectivity index (χ3n) is 3.21. The Bertz CT molecular complexity index is 263. The van der Waals surface area contributed by atoms with Crippen LogP contribution in [0.1, 0.15) is 31.2 Å². The summed E-state index contributed by atoms with van der Waals surface area (Å²) < 4.78 is 0. The SMILES string of the molecule is CCN1CCC(c2ccncc2)CC1. The van der Waals surface area contributed by atoms with E-state index < -0.39 is 0 Å². The maximum absolute atomic E-state index is 4.06. The molecule has 14 heavy (non-hydrogen) atoms. The first-order chi connectivity index (χ1) is 6.90. The van der Waals surface area contributed by atoms with Crippen LogP contribution in [0.25, 0.3) is 0 Å². The lowest BCUT2D eigenvalue weighted by Crippen LogP contribution is -2.32. The highest BCUT2D eigenvalue weighted by molar-refractivity contribution is 5.16. The van der Waals surface area contributed by atoms with Crippen molar-refractivity contribution in [1.29, 1.82) is 0 Å². The number of hydrogen-bond donors (Lipinski definition) is 0. The zero-order chi connectivity index (χ0) is 9.80. The van der Waals surface area contributed by atoms with E-state index in [1.165, 1.54) is 38.0 Å². The fraction of sp³-hybridized carbons (Fsp3) is 0.583. The van der Waals surface area contributed by atoms with Gasteiger partial charge in [0.2, 0.25) is 0 Å². The topological polar surface area (TPSA) is 16.1 Å². The summed E-state index contributed by atoms with van der Waals surface area (Å²) in [4.78, 5) is 6.59. The molecule has 0 unspecified atom stereocenters. The van der Waals surface area contributed by atoms with Crippen LogP contribution in [0.4, 0.5) is 0 Å². The minimum Gasteiger partial charge on any atom is -0.304 e. The van der Waals surface area contributed by atoms with E-state index in [4.69, 9.17) is 0 Å². The molecule has 1 aliphatic rings. The van der Waals surface area contributed by atoms with Crippen molar-refractivity contribution < 1.29 is 0 Å². The molecule has 1 aromatic heterocycles. The van der Waals surface area contributed by atoms with Crippen molar-refractivity contribution in [2.24, 2.45) is 0 Å². The third-order valence-corrected chi connectivity index (χ3v) is 3.21. The van der Waals surface area contributed by atoms with Gasteiger partial charge in [-0.25, -0.2) is 0 Å². The monoisotopic (exact) mass is 190 g/mol. The molecule has 0 saturated carbocycles. The number of nitrogens with zero attached hydrogens (tertiary/aromatic N) is 2. The molecule has 0 aliphatic carbocycles. The predicted molar refractivity (Wildman–Crippen MR) is 58.3 cm³/mol. The van der Waals surface area contributed by atoms with Crippen molar-refractivity contribution >= 4 is 0 Å².